The van der Waals surface area contributed by atoms with E-state index in [4.69, 9.17) is 19.6 Å². The first-order valence-corrected chi connectivity index (χ1v) is 11.1. The Morgan fingerprint density at radius 3 is 1.83 bits per heavy atom. The van der Waals surface area contributed by atoms with E-state index in [0.29, 0.717) is 17.4 Å². The molecule has 0 aliphatic rings. The second-order valence-corrected chi connectivity index (χ2v) is 8.48. The van der Waals surface area contributed by atoms with Crippen LogP contribution in [0.4, 0.5) is 0 Å². The smallest absolute Gasteiger partial charge is 0.348 e. The van der Waals surface area contributed by atoms with E-state index in [2.05, 4.69) is 0 Å². The van der Waals surface area contributed by atoms with Gasteiger partial charge in [-0.05, 0) is 18.4 Å². The van der Waals surface area contributed by atoms with Crippen LogP contribution in [0.2, 0.25) is 0 Å². The van der Waals surface area contributed by atoms with E-state index in [9.17, 15) is 19.0 Å². The first-order chi connectivity index (χ1) is 10.5. The highest BCUT2D eigenvalue weighted by Gasteiger charge is 2.24. The third-order valence-electron chi connectivity index (χ3n) is 2.60. The van der Waals surface area contributed by atoms with Crippen molar-refractivity contribution in [2.75, 3.05) is 25.1 Å². The summed E-state index contributed by atoms with van der Waals surface area (Å²) in [6, 6.07) is -0.940. The molecular formula is C11H21NO8P2S. The summed E-state index contributed by atoms with van der Waals surface area (Å²) in [7, 11) is -8.70. The maximum atomic E-state index is 11.4. The van der Waals surface area contributed by atoms with E-state index < -0.39 is 27.2 Å². The van der Waals surface area contributed by atoms with Crippen LogP contribution >= 0.6 is 27.0 Å². The fraction of sp³-hybridized carbons (Fsp3) is 0.545. The highest BCUT2D eigenvalue weighted by molar-refractivity contribution is 7.98. The minimum Gasteiger partial charge on any atom is -0.480 e. The molecular weight excluding hydrogens is 368 g/mol. The molecule has 5 N–H and O–H groups in total. The van der Waals surface area contributed by atoms with E-state index in [-0.39, 0.29) is 19.5 Å². The lowest BCUT2D eigenvalue weighted by molar-refractivity contribution is -0.142. The zero-order valence-corrected chi connectivity index (χ0v) is 15.0. The second-order valence-electron chi connectivity index (χ2n) is 4.54. The molecule has 0 fully saturated rings. The molecule has 134 valence electrons. The van der Waals surface area contributed by atoms with E-state index in [1.807, 2.05) is 6.26 Å². The Hall–Kier alpha value is -0.440. The van der Waals surface area contributed by atoms with Gasteiger partial charge in [0.2, 0.25) is 0 Å². The molecule has 0 aromatic rings. The van der Waals surface area contributed by atoms with Crippen LogP contribution in [-0.2, 0) is 13.9 Å². The van der Waals surface area contributed by atoms with Crippen molar-refractivity contribution < 1.29 is 38.6 Å². The van der Waals surface area contributed by atoms with Crippen molar-refractivity contribution in [1.82, 2.24) is 4.90 Å². The van der Waals surface area contributed by atoms with Crippen molar-refractivity contribution in [2.24, 2.45) is 0 Å². The molecule has 0 saturated carbocycles. The van der Waals surface area contributed by atoms with E-state index in [1.165, 1.54) is 16.7 Å². The zero-order valence-electron chi connectivity index (χ0n) is 12.4. The van der Waals surface area contributed by atoms with Crippen molar-refractivity contribution in [3.05, 3.63) is 23.8 Å². The van der Waals surface area contributed by atoms with Gasteiger partial charge in [-0.1, -0.05) is 12.2 Å². The highest BCUT2D eigenvalue weighted by atomic mass is 32.2. The average molecular weight is 389 g/mol. The summed E-state index contributed by atoms with van der Waals surface area (Å²) in [4.78, 5) is 47.8. The number of aliphatic carboxylic acids is 1. The Bertz CT molecular complexity index is 492. The van der Waals surface area contributed by atoms with Gasteiger partial charge in [0.15, 0.2) is 0 Å². The molecule has 23 heavy (non-hydrogen) atoms. The van der Waals surface area contributed by atoms with Crippen molar-refractivity contribution in [1.29, 1.82) is 0 Å². The van der Waals surface area contributed by atoms with Gasteiger partial charge >= 0.3 is 21.2 Å². The Morgan fingerprint density at radius 1 is 1.09 bits per heavy atom. The summed E-state index contributed by atoms with van der Waals surface area (Å²) in [5.41, 5.74) is 0. The molecule has 0 unspecified atom stereocenters. The van der Waals surface area contributed by atoms with E-state index in [0.717, 1.165) is 12.2 Å². The Morgan fingerprint density at radius 2 is 1.52 bits per heavy atom. The molecule has 0 aliphatic carbocycles. The number of hydrogen-bond acceptors (Lipinski definition) is 5. The fourth-order valence-corrected chi connectivity index (χ4v) is 2.86. The molecule has 9 nitrogen and oxygen atoms in total. The zero-order chi connectivity index (χ0) is 18.1. The normalized spacial score (nSPS) is 14.9. The average Bonchev–Trinajstić information content (AvgIpc) is 2.35. The van der Waals surface area contributed by atoms with Crippen LogP contribution in [0.25, 0.3) is 0 Å². The van der Waals surface area contributed by atoms with Crippen LogP contribution in [0, 0.1) is 0 Å². The molecule has 0 spiro atoms. The summed E-state index contributed by atoms with van der Waals surface area (Å²) >= 11 is 1.45. The summed E-state index contributed by atoms with van der Waals surface area (Å²) < 4.78 is 21.6. The minimum atomic E-state index is -4.35. The molecule has 0 heterocycles. The lowest BCUT2D eigenvalue weighted by Crippen LogP contribution is -2.42. The molecule has 0 bridgehead atoms. The third-order valence-corrected chi connectivity index (χ3v) is 4.44. The molecule has 0 rings (SSSR count). The summed E-state index contributed by atoms with van der Waals surface area (Å²) in [6.45, 7) is -0.163. The van der Waals surface area contributed by atoms with Crippen LogP contribution in [0.3, 0.4) is 0 Å². The largest absolute Gasteiger partial charge is 0.480 e. The van der Waals surface area contributed by atoms with Crippen LogP contribution < -0.4 is 0 Å². The molecule has 1 atom stereocenters. The topological polar surface area (TPSA) is 156 Å². The number of thioether (sulfide) groups is 1. The van der Waals surface area contributed by atoms with Gasteiger partial charge in [0, 0.05) is 24.7 Å². The summed E-state index contributed by atoms with van der Waals surface area (Å²) in [5.74, 6) is 0.770. The van der Waals surface area contributed by atoms with Crippen molar-refractivity contribution in [2.45, 2.75) is 12.5 Å². The number of carbonyl (C=O) groups is 1. The van der Waals surface area contributed by atoms with Crippen LogP contribution in [0.15, 0.2) is 23.8 Å². The van der Waals surface area contributed by atoms with Crippen molar-refractivity contribution in [3.8, 4) is 0 Å². The molecule has 12 heteroatoms. The Labute approximate surface area is 138 Å². The Balaban J connectivity index is 5.12. The maximum absolute atomic E-state index is 11.4. The van der Waals surface area contributed by atoms with Gasteiger partial charge in [-0.3, -0.25) is 18.8 Å². The van der Waals surface area contributed by atoms with Crippen molar-refractivity contribution >= 4 is 32.9 Å². The number of rotatable bonds is 11. The number of nitrogens with zero attached hydrogens (tertiary/aromatic N) is 1. The predicted octanol–water partition coefficient (Wildman–Crippen LogP) is 0.877. The third kappa shape index (κ3) is 12.6. The quantitative estimate of drug-likeness (QED) is 0.321. The standard InChI is InChI=1S/C11H21NO8P2S/c1-23-9-4-10(11(13)14)12(5-2-7-21(15,16)17)6-3-8-22(18,19)20/h2-3,7-8,10H,4-6,9H2,1H3,(H,13,14)(H2,15,16,17)(H2,18,19,20)/t10-/m0/s1. The second kappa shape index (κ2) is 10.4. The van der Waals surface area contributed by atoms with Gasteiger partial charge in [-0.2, -0.15) is 11.8 Å². The SMILES string of the molecule is CSCC[C@@H](C(=O)O)N(CC=CP(=O)(O)O)CC=CP(=O)(O)O. The lowest BCUT2D eigenvalue weighted by Gasteiger charge is -2.26. The van der Waals surface area contributed by atoms with Gasteiger partial charge in [0.25, 0.3) is 0 Å². The molecule has 0 aromatic heterocycles. The molecule has 0 saturated heterocycles. The lowest BCUT2D eigenvalue weighted by atomic mass is 10.2. The van der Waals surface area contributed by atoms with Crippen LogP contribution in [0.1, 0.15) is 6.42 Å². The monoisotopic (exact) mass is 389 g/mol. The van der Waals surface area contributed by atoms with Gasteiger partial charge in [-0.15, -0.1) is 0 Å². The molecule has 0 amide bonds. The van der Waals surface area contributed by atoms with Crippen LogP contribution in [0.5, 0.6) is 0 Å². The maximum Gasteiger partial charge on any atom is 0.348 e. The van der Waals surface area contributed by atoms with Gasteiger partial charge < -0.3 is 24.7 Å². The first kappa shape index (κ1) is 22.6. The number of carboxylic acids is 1. The molecule has 0 aromatic carbocycles. The molecule has 0 radical (unpaired) electrons. The highest BCUT2D eigenvalue weighted by Crippen LogP contribution is 2.36. The summed E-state index contributed by atoms with van der Waals surface area (Å²) in [6.07, 6.45) is 4.37. The number of hydrogen-bond donors (Lipinski definition) is 5. The van der Waals surface area contributed by atoms with E-state index in [1.54, 1.807) is 0 Å². The fourth-order valence-electron chi connectivity index (χ4n) is 1.66. The Kier molecular flexibility index (Phi) is 10.2. The predicted molar refractivity (Wildman–Crippen MR) is 88.4 cm³/mol. The van der Waals surface area contributed by atoms with Gasteiger partial charge in [0.05, 0.1) is 0 Å². The first-order valence-electron chi connectivity index (χ1n) is 6.38. The van der Waals surface area contributed by atoms with E-state index >= 15 is 0 Å². The molecule has 0 aliphatic heterocycles. The van der Waals surface area contributed by atoms with Crippen LogP contribution in [-0.4, -0.2) is 66.7 Å². The van der Waals surface area contributed by atoms with Crippen molar-refractivity contribution in [3.63, 3.8) is 0 Å². The summed E-state index contributed by atoms with van der Waals surface area (Å²) in [5, 5.41) is 9.28. The van der Waals surface area contributed by atoms with Gasteiger partial charge in [0.1, 0.15) is 6.04 Å². The minimum absolute atomic E-state index is 0.0814. The van der Waals surface area contributed by atoms with Gasteiger partial charge in [-0.25, -0.2) is 0 Å². The number of carboxylic acid groups (broad SMARTS) is 1.